The van der Waals surface area contributed by atoms with Gasteiger partial charge in [0.05, 0.1) is 55.8 Å². The van der Waals surface area contributed by atoms with Gasteiger partial charge in [0.25, 0.3) is 0 Å². The van der Waals surface area contributed by atoms with Crippen LogP contribution >= 0.6 is 32.3 Å². The van der Waals surface area contributed by atoms with Gasteiger partial charge in [0, 0.05) is 11.1 Å². The number of anilines is 2. The van der Waals surface area contributed by atoms with Crippen molar-refractivity contribution in [3.63, 3.8) is 0 Å². The molecule has 0 spiro atoms. The van der Waals surface area contributed by atoms with Crippen molar-refractivity contribution < 1.29 is 0 Å². The summed E-state index contributed by atoms with van der Waals surface area (Å²) in [5.41, 5.74) is 19.9. The summed E-state index contributed by atoms with van der Waals surface area (Å²) < 4.78 is 4.63. The number of benzene rings is 2. The number of hydrogen-bond donors (Lipinski definition) is 0. The predicted octanol–water partition coefficient (Wildman–Crippen LogP) is 8.37. The van der Waals surface area contributed by atoms with Gasteiger partial charge in [-0.2, -0.15) is 0 Å². The molecular formula is C32H36Br2N2Si. The summed E-state index contributed by atoms with van der Waals surface area (Å²) in [5.74, 6) is 0. The largest absolute Gasteiger partial charge is 0.297 e. The second-order valence-corrected chi connectivity index (χ2v) is 18.0. The molecule has 0 amide bonds. The highest BCUT2D eigenvalue weighted by Crippen LogP contribution is 2.53. The number of allylic oxidation sites excluding steroid dienone is 4. The highest BCUT2D eigenvalue weighted by molar-refractivity contribution is 9.10. The van der Waals surface area contributed by atoms with E-state index >= 15 is 0 Å². The maximum Gasteiger partial charge on any atom is 0.112 e. The van der Waals surface area contributed by atoms with Crippen molar-refractivity contribution in [1.29, 1.82) is 0 Å². The molecule has 37 heavy (non-hydrogen) atoms. The average molecular weight is 637 g/mol. The monoisotopic (exact) mass is 634 g/mol. The smallest absolute Gasteiger partial charge is 0.112 e. The van der Waals surface area contributed by atoms with Gasteiger partial charge in [-0.25, -0.2) is 0 Å². The molecule has 0 saturated carbocycles. The molecule has 2 aliphatic carbocycles. The van der Waals surface area contributed by atoms with E-state index in [0.717, 1.165) is 0 Å². The Kier molecular flexibility index (Phi) is 5.57. The number of fused-ring (bicyclic) bond motifs is 6. The van der Waals surface area contributed by atoms with Crippen LogP contribution in [0.15, 0.2) is 57.7 Å². The zero-order valence-corrected chi connectivity index (χ0v) is 27.8. The van der Waals surface area contributed by atoms with Gasteiger partial charge in [-0.15, -0.1) is 0 Å². The van der Waals surface area contributed by atoms with Crippen LogP contribution in [0.4, 0.5) is 11.4 Å². The molecule has 0 radical (unpaired) electrons. The molecule has 5 heteroatoms. The second-order valence-electron chi connectivity index (χ2n) is 12.1. The fraction of sp³-hybridized carbons (Fsp3) is 0.375. The Balaban J connectivity index is 1.52. The van der Waals surface area contributed by atoms with Gasteiger partial charge in [0.1, 0.15) is 8.07 Å². The molecule has 0 saturated heterocycles. The molecule has 0 bridgehead atoms. The Morgan fingerprint density at radius 3 is 1.27 bits per heavy atom. The molecule has 2 nitrogen and oxygen atoms in total. The van der Waals surface area contributed by atoms with E-state index < -0.39 is 8.07 Å². The summed E-state index contributed by atoms with van der Waals surface area (Å²) in [4.78, 5) is 0. The van der Waals surface area contributed by atoms with Crippen molar-refractivity contribution >= 4 is 73.3 Å². The molecule has 2 heterocycles. The van der Waals surface area contributed by atoms with Gasteiger partial charge in [-0.1, -0.05) is 35.6 Å². The van der Waals surface area contributed by atoms with Crippen LogP contribution in [0.3, 0.4) is 0 Å². The fourth-order valence-electron chi connectivity index (χ4n) is 7.45. The van der Waals surface area contributed by atoms with Crippen LogP contribution in [0.2, 0.25) is 13.1 Å². The molecule has 2 aromatic rings. The first-order chi connectivity index (χ1) is 17.3. The minimum atomic E-state index is -2.01. The molecule has 4 aliphatic rings. The number of rotatable bonds is 2. The quantitative estimate of drug-likeness (QED) is 0.242. The molecule has 6 rings (SSSR count). The predicted molar refractivity (Wildman–Crippen MR) is 171 cm³/mol. The first-order valence-corrected chi connectivity index (χ1v) is 17.7. The highest BCUT2D eigenvalue weighted by Gasteiger charge is 2.44. The van der Waals surface area contributed by atoms with Crippen LogP contribution in [-0.2, 0) is 0 Å². The van der Waals surface area contributed by atoms with E-state index in [0.29, 0.717) is 12.1 Å². The molecule has 0 fully saturated rings. The lowest BCUT2D eigenvalue weighted by atomic mass is 9.99. The Morgan fingerprint density at radius 2 is 0.919 bits per heavy atom. The summed E-state index contributed by atoms with van der Waals surface area (Å²) in [5, 5.41) is 3.09. The summed E-state index contributed by atoms with van der Waals surface area (Å²) in [6, 6.07) is 10.6. The number of aryl methyl sites for hydroxylation is 2. The van der Waals surface area contributed by atoms with Crippen LogP contribution in [-0.4, -0.2) is 20.2 Å². The van der Waals surface area contributed by atoms with Gasteiger partial charge in [-0.05, 0) is 123 Å². The zero-order chi connectivity index (χ0) is 26.9. The second kappa shape index (κ2) is 8.09. The van der Waals surface area contributed by atoms with Crippen molar-refractivity contribution in [3.05, 3.63) is 80.0 Å². The van der Waals surface area contributed by atoms with E-state index in [1.54, 1.807) is 10.4 Å². The zero-order valence-electron chi connectivity index (χ0n) is 23.6. The Morgan fingerprint density at radius 1 is 0.568 bits per heavy atom. The van der Waals surface area contributed by atoms with E-state index in [-0.39, 0.29) is 0 Å². The normalized spacial score (nSPS) is 22.6. The lowest BCUT2D eigenvalue weighted by Gasteiger charge is -2.29. The fourth-order valence-corrected chi connectivity index (χ4v) is 12.5. The van der Waals surface area contributed by atoms with Crippen LogP contribution in [0.5, 0.6) is 0 Å². The van der Waals surface area contributed by atoms with Crippen molar-refractivity contribution in [2.24, 2.45) is 0 Å². The topological polar surface area (TPSA) is 6.48 Å². The minimum absolute atomic E-state index is 0.314. The standard InChI is InChI=1S/C32H36Br2N2Si/c1-15-11-25-23(29-19(5)17(3)21(7)31(29)35(25)33)13-27(15)37(9,10)28-14-24-26(12-16(28)2)36(34)32-22(8)18(4)20(6)30(24)32/h11-14,31-32H,1-10H3. The van der Waals surface area contributed by atoms with E-state index in [1.807, 2.05) is 0 Å². The average Bonchev–Trinajstić information content (AvgIpc) is 3.45. The molecule has 2 aromatic carbocycles. The maximum atomic E-state index is 3.94. The third kappa shape index (κ3) is 3.14. The van der Waals surface area contributed by atoms with Gasteiger partial charge in [0.15, 0.2) is 0 Å². The van der Waals surface area contributed by atoms with Crippen molar-refractivity contribution in [3.8, 4) is 0 Å². The molecule has 2 atom stereocenters. The van der Waals surface area contributed by atoms with Crippen molar-refractivity contribution in [2.45, 2.75) is 80.6 Å². The Labute approximate surface area is 240 Å². The van der Waals surface area contributed by atoms with Gasteiger partial charge >= 0.3 is 0 Å². The van der Waals surface area contributed by atoms with Gasteiger partial charge in [0.2, 0.25) is 0 Å². The number of hydrogen-bond acceptors (Lipinski definition) is 2. The van der Waals surface area contributed by atoms with E-state index in [9.17, 15) is 0 Å². The third-order valence-corrected chi connectivity index (χ3v) is 15.4. The lowest BCUT2D eigenvalue weighted by Crippen LogP contribution is -2.55. The molecule has 0 aromatic heterocycles. The number of halogens is 2. The molecule has 2 aliphatic heterocycles. The van der Waals surface area contributed by atoms with E-state index in [4.69, 9.17) is 0 Å². The summed E-state index contributed by atoms with van der Waals surface area (Å²) in [7, 11) is -2.01. The Bertz CT molecular complexity index is 1450. The summed E-state index contributed by atoms with van der Waals surface area (Å²) in [6.07, 6.45) is 0. The van der Waals surface area contributed by atoms with E-state index in [1.165, 1.54) is 78.2 Å². The van der Waals surface area contributed by atoms with Crippen LogP contribution in [0, 0.1) is 13.8 Å². The lowest BCUT2D eigenvalue weighted by molar-refractivity contribution is 1.02. The maximum absolute atomic E-state index is 3.94. The number of nitrogens with zero attached hydrogens (tertiary/aromatic N) is 2. The Hall–Kier alpha value is -1.82. The summed E-state index contributed by atoms with van der Waals surface area (Å²) in [6.45, 7) is 23.4. The van der Waals surface area contributed by atoms with Crippen LogP contribution in [0.25, 0.3) is 11.1 Å². The van der Waals surface area contributed by atoms with Gasteiger partial charge in [-0.3, -0.25) is 7.85 Å². The third-order valence-electron chi connectivity index (χ3n) is 10.0. The molecule has 2 unspecified atom stereocenters. The van der Waals surface area contributed by atoms with Crippen molar-refractivity contribution in [2.75, 3.05) is 7.85 Å². The SMILES string of the molecule is CC1=C(C)C2C(=C1C)c1cc([Si](C)(C)c3cc4c(cc3C)N(Br)C3C(C)=C(C)C(C)=C43)c(C)cc1N2Br. The molecular weight excluding hydrogens is 600 g/mol. The molecule has 0 N–H and O–H groups in total. The van der Waals surface area contributed by atoms with Crippen molar-refractivity contribution in [1.82, 2.24) is 0 Å². The van der Waals surface area contributed by atoms with Gasteiger partial charge < -0.3 is 0 Å². The first-order valence-electron chi connectivity index (χ1n) is 13.3. The van der Waals surface area contributed by atoms with E-state index in [2.05, 4.69) is 133 Å². The summed E-state index contributed by atoms with van der Waals surface area (Å²) >= 11 is 7.89. The molecule has 192 valence electrons. The minimum Gasteiger partial charge on any atom is -0.297 e. The van der Waals surface area contributed by atoms with Crippen LogP contribution < -0.4 is 18.2 Å². The van der Waals surface area contributed by atoms with Crippen LogP contribution in [0.1, 0.15) is 63.8 Å². The first kappa shape index (κ1) is 25.5. The highest BCUT2D eigenvalue weighted by atomic mass is 79.9.